The van der Waals surface area contributed by atoms with Crippen molar-refractivity contribution in [2.45, 2.75) is 70.3 Å². The number of Topliss-reactive ketones (excluding diaryl/α,β-unsaturated/α-hetero) is 1. The van der Waals surface area contributed by atoms with Crippen LogP contribution in [0.15, 0.2) is 66.7 Å². The fourth-order valence-electron chi connectivity index (χ4n) is 7.00. The lowest BCUT2D eigenvalue weighted by molar-refractivity contribution is 0.0284. The van der Waals surface area contributed by atoms with Gasteiger partial charge in [-0.3, -0.25) is 9.69 Å². The third-order valence-corrected chi connectivity index (χ3v) is 9.86. The molecule has 0 spiro atoms. The van der Waals surface area contributed by atoms with Gasteiger partial charge in [-0.25, -0.2) is 0 Å². The van der Waals surface area contributed by atoms with E-state index in [1.165, 1.54) is 54.6 Å². The van der Waals surface area contributed by atoms with E-state index >= 15 is 0 Å². The number of rotatable bonds is 9. The molecule has 1 saturated heterocycles. The Balaban J connectivity index is 1.09. The minimum atomic E-state index is 0.180. The van der Waals surface area contributed by atoms with Gasteiger partial charge < -0.3 is 4.74 Å². The van der Waals surface area contributed by atoms with Crippen LogP contribution in [0, 0.1) is 11.8 Å². The smallest absolute Gasteiger partial charge is 0.162 e. The molecule has 6 rings (SSSR count). The second-order valence-electron chi connectivity index (χ2n) is 12.2. The van der Waals surface area contributed by atoms with Gasteiger partial charge in [-0.1, -0.05) is 62.4 Å². The number of carbonyl (C=O) groups is 1. The first-order valence-electron chi connectivity index (χ1n) is 14.6. The molecule has 3 aromatic carbocycles. The molecule has 2 bridgehead atoms. The highest BCUT2D eigenvalue weighted by atomic mass is 16.5. The van der Waals surface area contributed by atoms with Crippen LogP contribution in [0.3, 0.4) is 0 Å². The predicted octanol–water partition coefficient (Wildman–Crippen LogP) is 7.50. The Kier molecular flexibility index (Phi) is 6.90. The number of methoxy groups -OCH3 is 1. The summed E-state index contributed by atoms with van der Waals surface area (Å²) in [6, 6.07) is 24.2. The van der Waals surface area contributed by atoms with Crippen LogP contribution in [0.1, 0.15) is 73.0 Å². The Labute approximate surface area is 228 Å². The molecule has 1 heterocycles. The van der Waals surface area contributed by atoms with Gasteiger partial charge in [0.25, 0.3) is 0 Å². The molecule has 0 amide bonds. The fraction of sp³-hybridized carbons (Fsp3) is 0.457. The average Bonchev–Trinajstić information content (AvgIpc) is 3.77. The molecule has 198 valence electrons. The monoisotopic (exact) mass is 507 g/mol. The number of hydrogen-bond acceptors (Lipinski definition) is 3. The molecule has 2 fully saturated rings. The molecule has 3 aliphatic rings. The number of benzene rings is 3. The minimum Gasteiger partial charge on any atom is -0.497 e. The molecular weight excluding hydrogens is 466 g/mol. The highest BCUT2D eigenvalue weighted by Gasteiger charge is 2.49. The van der Waals surface area contributed by atoms with E-state index in [1.54, 1.807) is 7.11 Å². The van der Waals surface area contributed by atoms with E-state index < -0.39 is 0 Å². The van der Waals surface area contributed by atoms with Crippen molar-refractivity contribution in [3.05, 3.63) is 89.0 Å². The van der Waals surface area contributed by atoms with Crippen LogP contribution < -0.4 is 4.74 Å². The molecule has 3 atom stereocenters. The number of hydrogen-bond donors (Lipinski definition) is 0. The third kappa shape index (κ3) is 4.94. The van der Waals surface area contributed by atoms with Crippen LogP contribution >= 0.6 is 0 Å². The highest BCUT2D eigenvalue weighted by molar-refractivity contribution is 5.96. The molecule has 38 heavy (non-hydrogen) atoms. The first-order chi connectivity index (χ1) is 18.4. The number of ether oxygens (including phenoxy) is 1. The third-order valence-electron chi connectivity index (χ3n) is 9.86. The topological polar surface area (TPSA) is 29.5 Å². The fourth-order valence-corrected chi connectivity index (χ4v) is 7.00. The number of carbonyl (C=O) groups excluding carboxylic acids is 1. The van der Waals surface area contributed by atoms with E-state index in [1.807, 2.05) is 12.1 Å². The Bertz CT molecular complexity index is 1310. The predicted molar refractivity (Wildman–Crippen MR) is 155 cm³/mol. The Morgan fingerprint density at radius 1 is 1.03 bits per heavy atom. The molecule has 0 unspecified atom stereocenters. The van der Waals surface area contributed by atoms with Crippen molar-refractivity contribution in [2.24, 2.45) is 11.8 Å². The lowest BCUT2D eigenvalue weighted by Gasteiger charge is -2.55. The maximum Gasteiger partial charge on any atom is 0.162 e. The summed E-state index contributed by atoms with van der Waals surface area (Å²) < 4.78 is 5.36. The van der Waals surface area contributed by atoms with E-state index in [-0.39, 0.29) is 11.2 Å². The number of ketones is 1. The van der Waals surface area contributed by atoms with Gasteiger partial charge >= 0.3 is 0 Å². The SMILES string of the molecule is COc1cccc(-c2ccc(CCCC(=O)c3ccc4c(c3)[C@@]3(C)CCN(CC5CC5)[C@H](C4)[C@@H]3C)cc2)c1. The summed E-state index contributed by atoms with van der Waals surface area (Å²) in [7, 11) is 1.70. The van der Waals surface area contributed by atoms with E-state index in [0.717, 1.165) is 42.1 Å². The van der Waals surface area contributed by atoms with Crippen molar-refractivity contribution in [2.75, 3.05) is 20.2 Å². The lowest BCUT2D eigenvalue weighted by atomic mass is 9.58. The van der Waals surface area contributed by atoms with Crippen LogP contribution in [0.5, 0.6) is 5.75 Å². The number of fused-ring (bicyclic) bond motifs is 4. The van der Waals surface area contributed by atoms with Gasteiger partial charge in [0.15, 0.2) is 5.78 Å². The Morgan fingerprint density at radius 3 is 2.61 bits per heavy atom. The zero-order valence-corrected chi connectivity index (χ0v) is 23.2. The number of nitrogens with zero attached hydrogens (tertiary/aromatic N) is 1. The van der Waals surface area contributed by atoms with Crippen LogP contribution in [-0.2, 0) is 18.3 Å². The highest BCUT2D eigenvalue weighted by Crippen LogP contribution is 2.49. The zero-order chi connectivity index (χ0) is 26.3. The van der Waals surface area contributed by atoms with Crippen LogP contribution in [-0.4, -0.2) is 36.9 Å². The van der Waals surface area contributed by atoms with Crippen molar-refractivity contribution in [3.8, 4) is 16.9 Å². The Morgan fingerprint density at radius 2 is 1.84 bits per heavy atom. The molecule has 0 aromatic heterocycles. The average molecular weight is 508 g/mol. The molecule has 3 heteroatoms. The lowest BCUT2D eigenvalue weighted by Crippen LogP contribution is -2.58. The molecule has 3 nitrogen and oxygen atoms in total. The van der Waals surface area contributed by atoms with E-state index in [4.69, 9.17) is 4.74 Å². The van der Waals surface area contributed by atoms with Crippen LogP contribution in [0.4, 0.5) is 0 Å². The molecule has 1 saturated carbocycles. The summed E-state index contributed by atoms with van der Waals surface area (Å²) in [5.41, 5.74) is 7.63. The van der Waals surface area contributed by atoms with Crippen LogP contribution in [0.25, 0.3) is 11.1 Å². The summed E-state index contributed by atoms with van der Waals surface area (Å²) in [5.74, 6) is 2.73. The summed E-state index contributed by atoms with van der Waals surface area (Å²) in [6.45, 7) is 7.41. The van der Waals surface area contributed by atoms with Gasteiger partial charge in [-0.05, 0) is 108 Å². The van der Waals surface area contributed by atoms with Crippen molar-refractivity contribution < 1.29 is 9.53 Å². The molecular formula is C35H41NO2. The van der Waals surface area contributed by atoms with Gasteiger partial charge in [-0.15, -0.1) is 0 Å². The summed E-state index contributed by atoms with van der Waals surface area (Å²) >= 11 is 0. The maximum absolute atomic E-state index is 13.2. The van der Waals surface area contributed by atoms with Gasteiger partial charge in [0.1, 0.15) is 5.75 Å². The standard InChI is InChI=1S/C35H41NO2/c1-24-33-22-29-16-17-30(21-32(29)35(24,2)18-19-36(33)23-26-10-11-26)34(37)9-4-6-25-12-14-27(15-13-25)28-7-5-8-31(20-28)38-3/h5,7-8,12-17,20-21,24,26,33H,4,6,9-11,18-19,22-23H2,1-3H3/t24-,33+,35-/m0/s1. The van der Waals surface area contributed by atoms with Gasteiger partial charge in [0, 0.05) is 24.6 Å². The van der Waals surface area contributed by atoms with E-state index in [2.05, 4.69) is 73.3 Å². The molecule has 0 radical (unpaired) electrons. The summed E-state index contributed by atoms with van der Waals surface area (Å²) in [4.78, 5) is 16.0. The first-order valence-corrected chi connectivity index (χ1v) is 14.6. The number of piperidine rings is 1. The van der Waals surface area contributed by atoms with Gasteiger partial charge in [0.05, 0.1) is 7.11 Å². The van der Waals surface area contributed by atoms with Gasteiger partial charge in [0.2, 0.25) is 0 Å². The van der Waals surface area contributed by atoms with Crippen LogP contribution in [0.2, 0.25) is 0 Å². The molecule has 1 aliphatic heterocycles. The largest absolute Gasteiger partial charge is 0.497 e. The normalized spacial score (nSPS) is 24.6. The second kappa shape index (κ2) is 10.3. The van der Waals surface area contributed by atoms with E-state index in [9.17, 15) is 4.79 Å². The second-order valence-corrected chi connectivity index (χ2v) is 12.2. The molecule has 0 N–H and O–H groups in total. The van der Waals surface area contributed by atoms with E-state index in [0.29, 0.717) is 18.4 Å². The Hall–Kier alpha value is -2.91. The van der Waals surface area contributed by atoms with Crippen molar-refractivity contribution in [1.82, 2.24) is 4.90 Å². The zero-order valence-electron chi connectivity index (χ0n) is 23.2. The summed E-state index contributed by atoms with van der Waals surface area (Å²) in [5, 5.41) is 0. The summed E-state index contributed by atoms with van der Waals surface area (Å²) in [6.07, 6.45) is 7.58. The van der Waals surface area contributed by atoms with Gasteiger partial charge in [-0.2, -0.15) is 0 Å². The maximum atomic E-state index is 13.2. The van der Waals surface area contributed by atoms with Crippen molar-refractivity contribution >= 4 is 5.78 Å². The van der Waals surface area contributed by atoms with Crippen molar-refractivity contribution in [1.29, 1.82) is 0 Å². The number of likely N-dealkylation sites (tertiary alicyclic amines) is 1. The first kappa shape index (κ1) is 25.4. The number of aryl methyl sites for hydroxylation is 1. The minimum absolute atomic E-state index is 0.180. The molecule has 2 aliphatic carbocycles. The quantitative estimate of drug-likeness (QED) is 0.281. The van der Waals surface area contributed by atoms with Crippen molar-refractivity contribution in [3.63, 3.8) is 0 Å². The molecule has 3 aromatic rings.